The molecule has 2 aromatic carbocycles. The standard InChI is InChI=1S/C16H12N4/c17-9-13-4-6-15(7-5-13)16-3-1-2-14(8-16)10-20-12-18-11-19-20/h1-8,11-12H,10H2. The van der Waals surface area contributed by atoms with Crippen molar-refractivity contribution >= 4 is 0 Å². The quantitative estimate of drug-likeness (QED) is 0.727. The third kappa shape index (κ3) is 2.57. The van der Waals surface area contributed by atoms with Gasteiger partial charge in [0.1, 0.15) is 12.7 Å². The second-order valence-corrected chi connectivity index (χ2v) is 4.48. The summed E-state index contributed by atoms with van der Waals surface area (Å²) < 4.78 is 1.79. The molecule has 96 valence electrons. The maximum absolute atomic E-state index is 8.82. The molecule has 0 saturated carbocycles. The lowest BCUT2D eigenvalue weighted by Crippen LogP contribution is -1.99. The fourth-order valence-electron chi connectivity index (χ4n) is 2.09. The molecular weight excluding hydrogens is 248 g/mol. The highest BCUT2D eigenvalue weighted by atomic mass is 15.3. The summed E-state index contributed by atoms with van der Waals surface area (Å²) in [6.07, 6.45) is 3.23. The van der Waals surface area contributed by atoms with Crippen LogP contribution in [-0.4, -0.2) is 14.8 Å². The van der Waals surface area contributed by atoms with Crippen molar-refractivity contribution < 1.29 is 0 Å². The molecule has 0 unspecified atom stereocenters. The molecule has 0 aliphatic carbocycles. The van der Waals surface area contributed by atoms with Crippen LogP contribution in [0.15, 0.2) is 61.2 Å². The van der Waals surface area contributed by atoms with Gasteiger partial charge in [-0.25, -0.2) is 9.67 Å². The number of rotatable bonds is 3. The van der Waals surface area contributed by atoms with Crippen LogP contribution in [-0.2, 0) is 6.54 Å². The molecular formula is C16H12N4. The van der Waals surface area contributed by atoms with E-state index in [2.05, 4.69) is 34.4 Å². The summed E-state index contributed by atoms with van der Waals surface area (Å²) in [6.45, 7) is 0.699. The molecule has 0 aliphatic rings. The van der Waals surface area contributed by atoms with E-state index >= 15 is 0 Å². The van der Waals surface area contributed by atoms with Gasteiger partial charge < -0.3 is 0 Å². The van der Waals surface area contributed by atoms with Crippen molar-refractivity contribution in [2.24, 2.45) is 0 Å². The van der Waals surface area contributed by atoms with Crippen molar-refractivity contribution in [1.82, 2.24) is 14.8 Å². The van der Waals surface area contributed by atoms with Gasteiger partial charge in [-0.15, -0.1) is 0 Å². The van der Waals surface area contributed by atoms with Crippen molar-refractivity contribution in [3.05, 3.63) is 72.3 Å². The van der Waals surface area contributed by atoms with E-state index in [0.29, 0.717) is 12.1 Å². The van der Waals surface area contributed by atoms with E-state index in [4.69, 9.17) is 5.26 Å². The molecule has 0 aliphatic heterocycles. The molecule has 0 N–H and O–H groups in total. The van der Waals surface area contributed by atoms with Crippen LogP contribution in [0, 0.1) is 11.3 Å². The van der Waals surface area contributed by atoms with Crippen LogP contribution in [0.3, 0.4) is 0 Å². The van der Waals surface area contributed by atoms with Crippen molar-refractivity contribution in [2.45, 2.75) is 6.54 Å². The smallest absolute Gasteiger partial charge is 0.137 e. The highest BCUT2D eigenvalue weighted by molar-refractivity contribution is 5.64. The summed E-state index contributed by atoms with van der Waals surface area (Å²) in [6, 6.07) is 18.0. The van der Waals surface area contributed by atoms with Crippen LogP contribution in [0.5, 0.6) is 0 Å². The summed E-state index contributed by atoms with van der Waals surface area (Å²) in [4.78, 5) is 3.94. The van der Waals surface area contributed by atoms with E-state index in [0.717, 1.165) is 16.7 Å². The zero-order valence-corrected chi connectivity index (χ0v) is 10.8. The maximum atomic E-state index is 8.82. The van der Waals surface area contributed by atoms with Crippen molar-refractivity contribution in [2.75, 3.05) is 0 Å². The lowest BCUT2D eigenvalue weighted by atomic mass is 10.0. The minimum Gasteiger partial charge on any atom is -0.249 e. The number of hydrogen-bond donors (Lipinski definition) is 0. The van der Waals surface area contributed by atoms with Crippen LogP contribution < -0.4 is 0 Å². The lowest BCUT2D eigenvalue weighted by molar-refractivity contribution is 0.685. The van der Waals surface area contributed by atoms with E-state index in [1.165, 1.54) is 6.33 Å². The van der Waals surface area contributed by atoms with Crippen molar-refractivity contribution in [1.29, 1.82) is 5.26 Å². The summed E-state index contributed by atoms with van der Waals surface area (Å²) in [5.41, 5.74) is 4.07. The first-order valence-corrected chi connectivity index (χ1v) is 6.27. The minimum atomic E-state index is 0.674. The Morgan fingerprint density at radius 1 is 1.05 bits per heavy atom. The zero-order chi connectivity index (χ0) is 13.8. The molecule has 4 nitrogen and oxygen atoms in total. The van der Waals surface area contributed by atoms with Crippen LogP contribution >= 0.6 is 0 Å². The Labute approximate surface area is 116 Å². The van der Waals surface area contributed by atoms with Gasteiger partial charge in [0.15, 0.2) is 0 Å². The first kappa shape index (κ1) is 12.1. The summed E-state index contributed by atoms with van der Waals surface area (Å²) in [7, 11) is 0. The third-order valence-electron chi connectivity index (χ3n) is 3.09. The summed E-state index contributed by atoms with van der Waals surface area (Å²) >= 11 is 0. The first-order valence-electron chi connectivity index (χ1n) is 6.27. The number of nitriles is 1. The van der Waals surface area contributed by atoms with Gasteiger partial charge in [-0.2, -0.15) is 10.4 Å². The van der Waals surface area contributed by atoms with E-state index in [1.807, 2.05) is 30.3 Å². The Kier molecular flexibility index (Phi) is 3.25. The third-order valence-corrected chi connectivity index (χ3v) is 3.09. The van der Waals surface area contributed by atoms with Crippen LogP contribution in [0.2, 0.25) is 0 Å². The monoisotopic (exact) mass is 260 g/mol. The first-order chi connectivity index (χ1) is 9.85. The average Bonchev–Trinajstić information content (AvgIpc) is 3.01. The summed E-state index contributed by atoms with van der Waals surface area (Å²) in [5.74, 6) is 0. The molecule has 1 aromatic heterocycles. The molecule has 0 atom stereocenters. The number of nitrogens with zero attached hydrogens (tertiary/aromatic N) is 4. The Hall–Kier alpha value is -2.93. The lowest BCUT2D eigenvalue weighted by Gasteiger charge is -2.06. The topological polar surface area (TPSA) is 54.5 Å². The van der Waals surface area contributed by atoms with Crippen LogP contribution in [0.25, 0.3) is 11.1 Å². The van der Waals surface area contributed by atoms with E-state index in [9.17, 15) is 0 Å². The Bertz CT molecular complexity index is 737. The van der Waals surface area contributed by atoms with E-state index in [-0.39, 0.29) is 0 Å². The van der Waals surface area contributed by atoms with Gasteiger partial charge >= 0.3 is 0 Å². The largest absolute Gasteiger partial charge is 0.249 e. The highest BCUT2D eigenvalue weighted by Crippen LogP contribution is 2.21. The Morgan fingerprint density at radius 2 is 1.90 bits per heavy atom. The fourth-order valence-corrected chi connectivity index (χ4v) is 2.09. The SMILES string of the molecule is N#Cc1ccc(-c2cccc(Cn3cncn3)c2)cc1. The molecule has 0 saturated heterocycles. The molecule has 4 heteroatoms. The van der Waals surface area contributed by atoms with Gasteiger partial charge in [-0.1, -0.05) is 30.3 Å². The minimum absolute atomic E-state index is 0.674. The fraction of sp³-hybridized carbons (Fsp3) is 0.0625. The Morgan fingerprint density at radius 3 is 2.60 bits per heavy atom. The predicted molar refractivity (Wildman–Crippen MR) is 75.7 cm³/mol. The molecule has 0 bridgehead atoms. The molecule has 0 amide bonds. The highest BCUT2D eigenvalue weighted by Gasteiger charge is 2.01. The second kappa shape index (κ2) is 5.37. The van der Waals surface area contributed by atoms with E-state index in [1.54, 1.807) is 11.0 Å². The van der Waals surface area contributed by atoms with Gasteiger partial charge in [-0.05, 0) is 34.9 Å². The van der Waals surface area contributed by atoms with Crippen LogP contribution in [0.1, 0.15) is 11.1 Å². The number of aromatic nitrogens is 3. The average molecular weight is 260 g/mol. The van der Waals surface area contributed by atoms with Crippen molar-refractivity contribution in [3.8, 4) is 17.2 Å². The molecule has 0 radical (unpaired) electrons. The second-order valence-electron chi connectivity index (χ2n) is 4.48. The molecule has 3 aromatic rings. The number of hydrogen-bond acceptors (Lipinski definition) is 3. The molecule has 20 heavy (non-hydrogen) atoms. The Balaban J connectivity index is 1.88. The molecule has 0 spiro atoms. The maximum Gasteiger partial charge on any atom is 0.137 e. The van der Waals surface area contributed by atoms with Crippen LogP contribution in [0.4, 0.5) is 0 Å². The van der Waals surface area contributed by atoms with Gasteiger partial charge in [0.05, 0.1) is 18.2 Å². The summed E-state index contributed by atoms with van der Waals surface area (Å²) in [5, 5.41) is 12.9. The predicted octanol–water partition coefficient (Wildman–Crippen LogP) is 2.87. The normalized spacial score (nSPS) is 10.2. The van der Waals surface area contributed by atoms with Gasteiger partial charge in [0.25, 0.3) is 0 Å². The van der Waals surface area contributed by atoms with Gasteiger partial charge in [0.2, 0.25) is 0 Å². The molecule has 1 heterocycles. The number of benzene rings is 2. The molecule has 0 fully saturated rings. The van der Waals surface area contributed by atoms with Crippen molar-refractivity contribution in [3.63, 3.8) is 0 Å². The van der Waals surface area contributed by atoms with Gasteiger partial charge in [-0.3, -0.25) is 0 Å². The molecule has 3 rings (SSSR count). The van der Waals surface area contributed by atoms with E-state index < -0.39 is 0 Å². The van der Waals surface area contributed by atoms with Gasteiger partial charge in [0, 0.05) is 0 Å². The zero-order valence-electron chi connectivity index (χ0n) is 10.8.